The zero-order valence-corrected chi connectivity index (χ0v) is 11.4. The maximum Gasteiger partial charge on any atom is 0.131 e. The van der Waals surface area contributed by atoms with Crippen LogP contribution < -0.4 is 15.2 Å². The van der Waals surface area contributed by atoms with E-state index in [1.165, 1.54) is 0 Å². The van der Waals surface area contributed by atoms with E-state index >= 15 is 0 Å². The lowest BCUT2D eigenvalue weighted by atomic mass is 9.87. The van der Waals surface area contributed by atoms with Crippen LogP contribution >= 0.6 is 0 Å². The summed E-state index contributed by atoms with van der Waals surface area (Å²) in [6, 6.07) is 3.05. The lowest BCUT2D eigenvalue weighted by Crippen LogP contribution is -2.27. The fraction of sp³-hybridized carbons (Fsp3) is 0.571. The van der Waals surface area contributed by atoms with Crippen LogP contribution in [0.3, 0.4) is 0 Å². The number of nitrogens with two attached hydrogens (primary N) is 1. The molecule has 0 amide bonds. The summed E-state index contributed by atoms with van der Waals surface area (Å²) in [6.45, 7) is 1.44. The zero-order valence-electron chi connectivity index (χ0n) is 11.4. The van der Waals surface area contributed by atoms with Crippen molar-refractivity contribution in [2.75, 3.05) is 27.4 Å². The molecule has 0 aliphatic carbocycles. The first kappa shape index (κ1) is 14.0. The highest BCUT2D eigenvalue weighted by molar-refractivity contribution is 5.51. The first-order valence-corrected chi connectivity index (χ1v) is 6.45. The number of phenolic OH excluding ortho intramolecular Hbond substituents is 1. The largest absolute Gasteiger partial charge is 0.507 e. The molecular weight excluding hydrogens is 246 g/mol. The highest BCUT2D eigenvalue weighted by Crippen LogP contribution is 2.41. The molecule has 1 aliphatic heterocycles. The van der Waals surface area contributed by atoms with Crippen molar-refractivity contribution >= 4 is 0 Å². The summed E-state index contributed by atoms with van der Waals surface area (Å²) in [4.78, 5) is 0. The molecule has 0 unspecified atom stereocenters. The highest BCUT2D eigenvalue weighted by Gasteiger charge is 2.27. The van der Waals surface area contributed by atoms with E-state index in [-0.39, 0.29) is 11.8 Å². The molecule has 106 valence electrons. The number of benzene rings is 1. The number of hydrogen-bond acceptors (Lipinski definition) is 5. The summed E-state index contributed by atoms with van der Waals surface area (Å²) in [5.41, 5.74) is 6.95. The SMILES string of the molecule is COc1cc(O)c([C@H](N)C2CCOCC2)c(OC)c1. The van der Waals surface area contributed by atoms with E-state index in [2.05, 4.69) is 0 Å². The average molecular weight is 267 g/mol. The van der Waals surface area contributed by atoms with Crippen molar-refractivity contribution in [3.05, 3.63) is 17.7 Å². The molecule has 1 atom stereocenters. The highest BCUT2D eigenvalue weighted by atomic mass is 16.5. The van der Waals surface area contributed by atoms with Gasteiger partial charge in [0, 0.05) is 31.4 Å². The van der Waals surface area contributed by atoms with Crippen LogP contribution in [0.25, 0.3) is 0 Å². The standard InChI is InChI=1S/C14H21NO4/c1-17-10-7-11(16)13(12(8-10)18-2)14(15)9-3-5-19-6-4-9/h7-9,14,16H,3-6,15H2,1-2H3/t14-/m1/s1. The molecule has 1 fully saturated rings. The molecule has 0 bridgehead atoms. The molecule has 1 aromatic rings. The van der Waals surface area contributed by atoms with Crippen LogP contribution in [-0.4, -0.2) is 32.5 Å². The maximum atomic E-state index is 10.2. The van der Waals surface area contributed by atoms with Gasteiger partial charge < -0.3 is 25.1 Å². The van der Waals surface area contributed by atoms with Gasteiger partial charge in [-0.05, 0) is 18.8 Å². The van der Waals surface area contributed by atoms with Crippen molar-refractivity contribution in [2.45, 2.75) is 18.9 Å². The van der Waals surface area contributed by atoms with Crippen molar-refractivity contribution in [1.29, 1.82) is 0 Å². The normalized spacial score (nSPS) is 18.1. The first-order valence-electron chi connectivity index (χ1n) is 6.45. The predicted molar refractivity (Wildman–Crippen MR) is 71.7 cm³/mol. The Morgan fingerprint density at radius 1 is 1.26 bits per heavy atom. The minimum absolute atomic E-state index is 0.121. The van der Waals surface area contributed by atoms with Gasteiger partial charge in [0.2, 0.25) is 0 Å². The summed E-state index contributed by atoms with van der Waals surface area (Å²) in [7, 11) is 3.11. The van der Waals surface area contributed by atoms with E-state index in [1.54, 1.807) is 26.4 Å². The minimum atomic E-state index is -0.259. The van der Waals surface area contributed by atoms with E-state index in [1.807, 2.05) is 0 Å². The molecule has 2 rings (SSSR count). The minimum Gasteiger partial charge on any atom is -0.507 e. The second-order valence-corrected chi connectivity index (χ2v) is 4.74. The molecule has 19 heavy (non-hydrogen) atoms. The fourth-order valence-corrected chi connectivity index (χ4v) is 2.52. The van der Waals surface area contributed by atoms with Gasteiger partial charge in [-0.15, -0.1) is 0 Å². The third-order valence-electron chi connectivity index (χ3n) is 3.66. The van der Waals surface area contributed by atoms with Crippen LogP contribution in [0.2, 0.25) is 0 Å². The van der Waals surface area contributed by atoms with Gasteiger partial charge in [0.05, 0.1) is 19.8 Å². The van der Waals surface area contributed by atoms with Gasteiger partial charge >= 0.3 is 0 Å². The van der Waals surface area contributed by atoms with Crippen molar-refractivity contribution in [3.8, 4) is 17.2 Å². The Kier molecular flexibility index (Phi) is 4.50. The summed E-state index contributed by atoms with van der Waals surface area (Å²) in [5, 5.41) is 10.2. The molecule has 5 heteroatoms. The Balaban J connectivity index is 2.31. The van der Waals surface area contributed by atoms with Gasteiger partial charge in [-0.2, -0.15) is 0 Å². The molecule has 0 radical (unpaired) electrons. The topological polar surface area (TPSA) is 73.9 Å². The smallest absolute Gasteiger partial charge is 0.131 e. The fourth-order valence-electron chi connectivity index (χ4n) is 2.52. The van der Waals surface area contributed by atoms with E-state index in [0.29, 0.717) is 23.0 Å². The van der Waals surface area contributed by atoms with Gasteiger partial charge in [0.1, 0.15) is 17.2 Å². The monoisotopic (exact) mass is 267 g/mol. The number of ether oxygens (including phenoxy) is 3. The number of methoxy groups -OCH3 is 2. The van der Waals surface area contributed by atoms with Crippen LogP contribution in [0.1, 0.15) is 24.4 Å². The third kappa shape index (κ3) is 2.93. The molecule has 5 nitrogen and oxygen atoms in total. The molecule has 3 N–H and O–H groups in total. The van der Waals surface area contributed by atoms with Crippen LogP contribution in [0, 0.1) is 5.92 Å². The van der Waals surface area contributed by atoms with Crippen LogP contribution in [0.15, 0.2) is 12.1 Å². The van der Waals surface area contributed by atoms with Crippen LogP contribution in [-0.2, 0) is 4.74 Å². The molecular formula is C14H21NO4. The molecule has 1 aliphatic rings. The van der Waals surface area contributed by atoms with Crippen molar-refractivity contribution in [1.82, 2.24) is 0 Å². The molecule has 0 spiro atoms. The van der Waals surface area contributed by atoms with E-state index in [4.69, 9.17) is 19.9 Å². The number of rotatable bonds is 4. The summed E-state index contributed by atoms with van der Waals surface area (Å²) in [5.74, 6) is 1.53. The molecule has 1 saturated heterocycles. The lowest BCUT2D eigenvalue weighted by molar-refractivity contribution is 0.0578. The average Bonchev–Trinajstić information content (AvgIpc) is 2.46. The van der Waals surface area contributed by atoms with E-state index < -0.39 is 0 Å². The van der Waals surface area contributed by atoms with E-state index in [9.17, 15) is 5.11 Å². The molecule has 0 aromatic heterocycles. The second-order valence-electron chi connectivity index (χ2n) is 4.74. The van der Waals surface area contributed by atoms with Gasteiger partial charge in [-0.3, -0.25) is 0 Å². The molecule has 1 heterocycles. The predicted octanol–water partition coefficient (Wildman–Crippen LogP) is 1.84. The van der Waals surface area contributed by atoms with Gasteiger partial charge in [0.25, 0.3) is 0 Å². The molecule has 0 saturated carbocycles. The number of aromatic hydroxyl groups is 1. The third-order valence-corrected chi connectivity index (χ3v) is 3.66. The maximum absolute atomic E-state index is 10.2. The Morgan fingerprint density at radius 3 is 2.53 bits per heavy atom. The van der Waals surface area contributed by atoms with Crippen LogP contribution in [0.5, 0.6) is 17.2 Å². The van der Waals surface area contributed by atoms with Crippen molar-refractivity contribution in [2.24, 2.45) is 11.7 Å². The first-order chi connectivity index (χ1) is 9.17. The lowest BCUT2D eigenvalue weighted by Gasteiger charge is -2.29. The summed E-state index contributed by atoms with van der Waals surface area (Å²) >= 11 is 0. The summed E-state index contributed by atoms with van der Waals surface area (Å²) in [6.07, 6.45) is 1.80. The van der Waals surface area contributed by atoms with Crippen molar-refractivity contribution in [3.63, 3.8) is 0 Å². The van der Waals surface area contributed by atoms with Gasteiger partial charge in [-0.1, -0.05) is 0 Å². The van der Waals surface area contributed by atoms with Gasteiger partial charge in [0.15, 0.2) is 0 Å². The van der Waals surface area contributed by atoms with Crippen LogP contribution in [0.4, 0.5) is 0 Å². The number of hydrogen-bond donors (Lipinski definition) is 2. The second kappa shape index (κ2) is 6.12. The Morgan fingerprint density at radius 2 is 1.95 bits per heavy atom. The summed E-state index contributed by atoms with van der Waals surface area (Å²) < 4.78 is 15.8. The Bertz CT molecular complexity index is 430. The van der Waals surface area contributed by atoms with Gasteiger partial charge in [-0.25, -0.2) is 0 Å². The Hall–Kier alpha value is -1.46. The quantitative estimate of drug-likeness (QED) is 0.870. The van der Waals surface area contributed by atoms with E-state index in [0.717, 1.165) is 26.1 Å². The zero-order chi connectivity index (χ0) is 13.8. The number of phenols is 1. The van der Waals surface area contributed by atoms with Crippen molar-refractivity contribution < 1.29 is 19.3 Å². The molecule has 1 aromatic carbocycles. The Labute approximate surface area is 113 Å².